The van der Waals surface area contributed by atoms with Gasteiger partial charge in [0.15, 0.2) is 0 Å². The van der Waals surface area contributed by atoms with Gasteiger partial charge in [-0.05, 0) is 32.2 Å². The lowest BCUT2D eigenvalue weighted by Crippen LogP contribution is -2.49. The van der Waals surface area contributed by atoms with E-state index in [9.17, 15) is 18.0 Å². The summed E-state index contributed by atoms with van der Waals surface area (Å²) in [6.07, 6.45) is 0. The first-order valence-corrected chi connectivity index (χ1v) is 10.0. The van der Waals surface area contributed by atoms with E-state index >= 15 is 0 Å². The summed E-state index contributed by atoms with van der Waals surface area (Å²) in [4.78, 5) is 25.3. The van der Waals surface area contributed by atoms with Crippen LogP contribution in [-0.4, -0.2) is 75.3 Å². The van der Waals surface area contributed by atoms with Gasteiger partial charge < -0.3 is 15.5 Å². The van der Waals surface area contributed by atoms with Crippen LogP contribution in [0.1, 0.15) is 24.2 Å². The van der Waals surface area contributed by atoms with Crippen LogP contribution >= 0.6 is 12.4 Å². The van der Waals surface area contributed by atoms with Gasteiger partial charge in [-0.3, -0.25) is 9.59 Å². The Balaban J connectivity index is 0.00000364. The molecule has 0 radical (unpaired) electrons. The van der Waals surface area contributed by atoms with Crippen molar-refractivity contribution in [1.29, 1.82) is 0 Å². The van der Waals surface area contributed by atoms with E-state index in [0.717, 1.165) is 0 Å². The van der Waals surface area contributed by atoms with Crippen molar-refractivity contribution in [3.8, 4) is 0 Å². The average Bonchev–Trinajstić information content (AvgIpc) is 2.65. The molecule has 1 aromatic carbocycles. The molecule has 2 N–H and O–H groups in total. The lowest BCUT2D eigenvalue weighted by atomic mass is 10.2. The Morgan fingerprint density at radius 3 is 2.37 bits per heavy atom. The van der Waals surface area contributed by atoms with Crippen LogP contribution in [0.5, 0.6) is 0 Å². The number of rotatable bonds is 6. The SMILES string of the molecule is CNC(C)CNC(=O)c1cccc(S(=O)(=O)N2CCN(C(C)=O)CC2)c1.Cl. The van der Waals surface area contributed by atoms with Crippen LogP contribution in [-0.2, 0) is 14.8 Å². The first-order chi connectivity index (χ1) is 12.3. The number of nitrogens with zero attached hydrogens (tertiary/aromatic N) is 2. The molecule has 1 aromatic rings. The van der Waals surface area contributed by atoms with Crippen molar-refractivity contribution < 1.29 is 18.0 Å². The number of piperazine rings is 1. The van der Waals surface area contributed by atoms with Gasteiger partial charge in [0.1, 0.15) is 0 Å². The van der Waals surface area contributed by atoms with Crippen LogP contribution in [0.15, 0.2) is 29.2 Å². The zero-order chi connectivity index (χ0) is 19.3. The summed E-state index contributed by atoms with van der Waals surface area (Å²) in [7, 11) is -1.90. The molecule has 152 valence electrons. The van der Waals surface area contributed by atoms with Crippen molar-refractivity contribution in [3.63, 3.8) is 0 Å². The van der Waals surface area contributed by atoms with Crippen molar-refractivity contribution in [2.75, 3.05) is 39.8 Å². The van der Waals surface area contributed by atoms with E-state index in [1.807, 2.05) is 6.92 Å². The molecule has 1 saturated heterocycles. The number of amides is 2. The van der Waals surface area contributed by atoms with Gasteiger partial charge in [0.25, 0.3) is 5.91 Å². The number of hydrogen-bond donors (Lipinski definition) is 2. The maximum absolute atomic E-state index is 12.8. The summed E-state index contributed by atoms with van der Waals surface area (Å²) < 4.78 is 27.0. The second-order valence-corrected chi connectivity index (χ2v) is 8.28. The van der Waals surface area contributed by atoms with Gasteiger partial charge in [0, 0.05) is 51.3 Å². The topological polar surface area (TPSA) is 98.8 Å². The maximum Gasteiger partial charge on any atom is 0.251 e. The van der Waals surface area contributed by atoms with E-state index < -0.39 is 10.0 Å². The lowest BCUT2D eigenvalue weighted by molar-refractivity contribution is -0.129. The van der Waals surface area contributed by atoms with Crippen molar-refractivity contribution >= 4 is 34.2 Å². The number of halogens is 1. The van der Waals surface area contributed by atoms with Gasteiger partial charge >= 0.3 is 0 Å². The molecular weight excluding hydrogens is 392 g/mol. The third kappa shape index (κ3) is 5.90. The van der Waals surface area contributed by atoms with Gasteiger partial charge in [0.05, 0.1) is 4.90 Å². The largest absolute Gasteiger partial charge is 0.350 e. The van der Waals surface area contributed by atoms with Crippen LogP contribution in [0, 0.1) is 0 Å². The summed E-state index contributed by atoms with van der Waals surface area (Å²) in [5.74, 6) is -0.373. The Morgan fingerprint density at radius 2 is 1.81 bits per heavy atom. The summed E-state index contributed by atoms with van der Waals surface area (Å²) in [6.45, 7) is 5.09. The summed E-state index contributed by atoms with van der Waals surface area (Å²) >= 11 is 0. The van der Waals surface area contributed by atoms with Crippen molar-refractivity contribution in [2.24, 2.45) is 0 Å². The van der Waals surface area contributed by atoms with Gasteiger partial charge in [-0.2, -0.15) is 4.31 Å². The van der Waals surface area contributed by atoms with Crippen LogP contribution in [0.4, 0.5) is 0 Å². The van der Waals surface area contributed by atoms with Crippen molar-refractivity contribution in [3.05, 3.63) is 29.8 Å². The summed E-state index contributed by atoms with van der Waals surface area (Å²) in [5, 5.41) is 5.79. The first kappa shape index (κ1) is 23.4. The minimum absolute atomic E-state index is 0. The molecule has 1 atom stereocenters. The Bertz CT molecular complexity index is 764. The first-order valence-electron chi connectivity index (χ1n) is 8.57. The highest BCUT2D eigenvalue weighted by molar-refractivity contribution is 7.89. The fourth-order valence-electron chi connectivity index (χ4n) is 2.64. The smallest absolute Gasteiger partial charge is 0.251 e. The lowest BCUT2D eigenvalue weighted by Gasteiger charge is -2.33. The number of hydrogen-bond acceptors (Lipinski definition) is 5. The minimum Gasteiger partial charge on any atom is -0.350 e. The molecule has 2 rings (SSSR count). The van der Waals surface area contributed by atoms with Crippen molar-refractivity contribution in [1.82, 2.24) is 19.8 Å². The molecule has 1 unspecified atom stereocenters. The number of nitrogens with one attached hydrogen (secondary N) is 2. The van der Waals surface area contributed by atoms with Gasteiger partial charge in [0.2, 0.25) is 15.9 Å². The van der Waals surface area contributed by atoms with E-state index in [2.05, 4.69) is 10.6 Å². The second kappa shape index (κ2) is 10.0. The zero-order valence-electron chi connectivity index (χ0n) is 15.8. The molecule has 8 nitrogen and oxygen atoms in total. The summed E-state index contributed by atoms with van der Waals surface area (Å²) in [6, 6.07) is 6.15. The molecule has 1 aliphatic heterocycles. The fraction of sp³-hybridized carbons (Fsp3) is 0.529. The quantitative estimate of drug-likeness (QED) is 0.692. The van der Waals surface area contributed by atoms with Gasteiger partial charge in [-0.1, -0.05) is 6.07 Å². The van der Waals surface area contributed by atoms with Crippen molar-refractivity contribution in [2.45, 2.75) is 24.8 Å². The third-order valence-corrected chi connectivity index (χ3v) is 6.37. The molecule has 10 heteroatoms. The molecule has 0 spiro atoms. The van der Waals surface area contributed by atoms with Crippen LogP contribution in [0.3, 0.4) is 0 Å². The second-order valence-electron chi connectivity index (χ2n) is 6.34. The molecule has 1 heterocycles. The highest BCUT2D eigenvalue weighted by atomic mass is 35.5. The highest BCUT2D eigenvalue weighted by Gasteiger charge is 2.29. The molecular formula is C17H27ClN4O4S. The molecule has 0 bridgehead atoms. The van der Waals surface area contributed by atoms with Crippen LogP contribution in [0.2, 0.25) is 0 Å². The molecule has 0 saturated carbocycles. The monoisotopic (exact) mass is 418 g/mol. The van der Waals surface area contributed by atoms with E-state index in [0.29, 0.717) is 25.2 Å². The molecule has 1 aliphatic rings. The molecule has 0 aliphatic carbocycles. The highest BCUT2D eigenvalue weighted by Crippen LogP contribution is 2.19. The molecule has 27 heavy (non-hydrogen) atoms. The zero-order valence-corrected chi connectivity index (χ0v) is 17.4. The molecule has 1 fully saturated rings. The number of carbonyl (C=O) groups is 2. The Morgan fingerprint density at radius 1 is 1.19 bits per heavy atom. The standard InChI is InChI=1S/C17H26N4O4S.ClH/c1-13(18-3)12-19-17(23)15-5-4-6-16(11-15)26(24,25)21-9-7-20(8-10-21)14(2)22;/h4-6,11,13,18H,7-10,12H2,1-3H3,(H,19,23);1H. The maximum atomic E-state index is 12.8. The van der Waals surface area contributed by atoms with Crippen LogP contribution < -0.4 is 10.6 Å². The third-order valence-electron chi connectivity index (χ3n) is 4.48. The van der Waals surface area contributed by atoms with E-state index in [1.54, 1.807) is 24.1 Å². The Labute approximate surface area is 166 Å². The fourth-order valence-corrected chi connectivity index (χ4v) is 4.11. The Hall–Kier alpha value is -1.68. The number of likely N-dealkylation sites (N-methyl/N-ethyl adjacent to an activating group) is 1. The van der Waals surface area contributed by atoms with Crippen LogP contribution in [0.25, 0.3) is 0 Å². The predicted molar refractivity (Wildman–Crippen MR) is 106 cm³/mol. The van der Waals surface area contributed by atoms with E-state index in [4.69, 9.17) is 0 Å². The van der Waals surface area contributed by atoms with E-state index in [-0.39, 0.29) is 48.2 Å². The predicted octanol–water partition coefficient (Wildman–Crippen LogP) is 0.299. The Kier molecular flexibility index (Phi) is 8.67. The number of carbonyl (C=O) groups excluding carboxylic acids is 2. The summed E-state index contributed by atoms with van der Waals surface area (Å²) in [5.41, 5.74) is 0.303. The van der Waals surface area contributed by atoms with Gasteiger partial charge in [-0.25, -0.2) is 8.42 Å². The number of sulfonamides is 1. The van der Waals surface area contributed by atoms with Gasteiger partial charge in [-0.15, -0.1) is 12.4 Å². The molecule has 0 aromatic heterocycles. The molecule has 2 amide bonds. The van der Waals surface area contributed by atoms with E-state index in [1.165, 1.54) is 23.4 Å². The normalized spacial score (nSPS) is 16.3. The number of benzene rings is 1. The average molecular weight is 419 g/mol. The minimum atomic E-state index is -3.70.